The van der Waals surface area contributed by atoms with E-state index in [2.05, 4.69) is 4.98 Å². The van der Waals surface area contributed by atoms with Crippen molar-refractivity contribution in [2.75, 3.05) is 13.4 Å². The van der Waals surface area contributed by atoms with Crippen LogP contribution >= 0.6 is 0 Å². The molecule has 0 atom stereocenters. The van der Waals surface area contributed by atoms with Gasteiger partial charge in [-0.3, -0.25) is 4.79 Å². The molecule has 1 aromatic carbocycles. The van der Waals surface area contributed by atoms with Crippen LogP contribution in [0.4, 0.5) is 0 Å². The first-order valence-corrected chi connectivity index (χ1v) is 9.56. The number of ether oxygens (including phenoxy) is 1. The molecule has 0 spiro atoms. The van der Waals surface area contributed by atoms with Crippen LogP contribution in [0.5, 0.6) is 11.5 Å². The minimum absolute atomic E-state index is 0.0386. The molecular formula is C18H23NO5S. The molecule has 6 nitrogen and oxygen atoms in total. The number of hydrogen-bond acceptors (Lipinski definition) is 5. The first kappa shape index (κ1) is 19.1. The van der Waals surface area contributed by atoms with Crippen molar-refractivity contribution >= 4 is 15.9 Å². The van der Waals surface area contributed by atoms with E-state index in [9.17, 15) is 13.2 Å². The molecule has 0 amide bonds. The van der Waals surface area contributed by atoms with Crippen molar-refractivity contribution in [1.82, 2.24) is 4.98 Å². The lowest BCUT2D eigenvalue weighted by atomic mass is 9.87. The monoisotopic (exact) mass is 365 g/mol. The van der Waals surface area contributed by atoms with E-state index in [1.54, 1.807) is 25.3 Å². The number of aromatic nitrogens is 1. The van der Waals surface area contributed by atoms with Gasteiger partial charge in [-0.25, -0.2) is 0 Å². The summed E-state index contributed by atoms with van der Waals surface area (Å²) in [7, 11) is -2.21. The van der Waals surface area contributed by atoms with Crippen LogP contribution < -0.4 is 8.92 Å². The molecule has 1 heterocycles. The highest BCUT2D eigenvalue weighted by Gasteiger charge is 2.24. The van der Waals surface area contributed by atoms with Gasteiger partial charge in [0.25, 0.3) is 0 Å². The number of rotatable bonds is 5. The number of carbonyl (C=O) groups is 1. The Bertz CT molecular complexity index is 904. The average molecular weight is 365 g/mol. The highest BCUT2D eigenvalue weighted by Crippen LogP contribution is 2.38. The van der Waals surface area contributed by atoms with Crippen LogP contribution in [0.25, 0.3) is 11.3 Å². The maximum absolute atomic E-state index is 12.4. The molecule has 0 fully saturated rings. The summed E-state index contributed by atoms with van der Waals surface area (Å²) in [4.78, 5) is 15.5. The summed E-state index contributed by atoms with van der Waals surface area (Å²) < 4.78 is 33.1. The molecule has 1 aromatic heterocycles. The fourth-order valence-electron chi connectivity index (χ4n) is 2.55. The summed E-state index contributed by atoms with van der Waals surface area (Å²) in [6.07, 6.45) is 2.65. The highest BCUT2D eigenvalue weighted by molar-refractivity contribution is 7.86. The van der Waals surface area contributed by atoms with Crippen LogP contribution in [0, 0.1) is 12.3 Å². The van der Waals surface area contributed by atoms with Crippen molar-refractivity contribution in [3.8, 4) is 22.8 Å². The summed E-state index contributed by atoms with van der Waals surface area (Å²) in [6.45, 7) is 7.41. The standard InChI is InChI=1S/C18H23NO5S/c1-11-13(7-8-15(16(11)23-5)24-25(6,21)22)14-9-12(10-19-14)17(20)18(2,3)4/h7-10,19H,1-6H3. The Labute approximate surface area is 148 Å². The smallest absolute Gasteiger partial charge is 0.306 e. The highest BCUT2D eigenvalue weighted by atomic mass is 32.2. The molecule has 0 aliphatic heterocycles. The average Bonchev–Trinajstić information content (AvgIpc) is 2.93. The molecule has 136 valence electrons. The predicted octanol–water partition coefficient (Wildman–Crippen LogP) is 3.57. The number of Topliss-reactive ketones (excluding diaryl/α,β-unsaturated/α-hetero) is 1. The Kier molecular flexibility index (Phi) is 4.99. The van der Waals surface area contributed by atoms with Gasteiger partial charge in [-0.2, -0.15) is 8.42 Å². The number of H-pyrrole nitrogens is 1. The van der Waals surface area contributed by atoms with Gasteiger partial charge in [0.05, 0.1) is 13.4 Å². The van der Waals surface area contributed by atoms with Gasteiger partial charge >= 0.3 is 10.1 Å². The van der Waals surface area contributed by atoms with Crippen LogP contribution in [-0.4, -0.2) is 32.6 Å². The van der Waals surface area contributed by atoms with E-state index in [0.717, 1.165) is 17.5 Å². The minimum Gasteiger partial charge on any atom is -0.492 e. The van der Waals surface area contributed by atoms with E-state index in [1.807, 2.05) is 20.8 Å². The zero-order valence-corrected chi connectivity index (χ0v) is 16.1. The first-order valence-electron chi connectivity index (χ1n) is 7.74. The van der Waals surface area contributed by atoms with E-state index >= 15 is 0 Å². The van der Waals surface area contributed by atoms with Gasteiger partial charge < -0.3 is 13.9 Å². The van der Waals surface area contributed by atoms with E-state index in [0.29, 0.717) is 16.9 Å². The Morgan fingerprint density at radius 1 is 1.20 bits per heavy atom. The summed E-state index contributed by atoms with van der Waals surface area (Å²) in [5.74, 6) is 0.502. The lowest BCUT2D eigenvalue weighted by molar-refractivity contribution is 0.0858. The van der Waals surface area contributed by atoms with Crippen molar-refractivity contribution in [1.29, 1.82) is 0 Å². The lowest BCUT2D eigenvalue weighted by Crippen LogP contribution is -2.19. The summed E-state index contributed by atoms with van der Waals surface area (Å²) in [6, 6.07) is 5.05. The molecule has 0 saturated carbocycles. The number of hydrogen-bond donors (Lipinski definition) is 1. The van der Waals surface area contributed by atoms with Gasteiger partial charge in [0, 0.05) is 34.0 Å². The van der Waals surface area contributed by atoms with Gasteiger partial charge in [-0.15, -0.1) is 0 Å². The number of methoxy groups -OCH3 is 1. The molecule has 0 saturated heterocycles. The van der Waals surface area contributed by atoms with Gasteiger partial charge in [-0.1, -0.05) is 20.8 Å². The van der Waals surface area contributed by atoms with Crippen molar-refractivity contribution in [3.63, 3.8) is 0 Å². The van der Waals surface area contributed by atoms with Gasteiger partial charge in [0.15, 0.2) is 17.3 Å². The molecule has 0 radical (unpaired) electrons. The molecule has 25 heavy (non-hydrogen) atoms. The van der Waals surface area contributed by atoms with Crippen molar-refractivity contribution in [3.05, 3.63) is 35.5 Å². The Balaban J connectivity index is 2.48. The predicted molar refractivity (Wildman–Crippen MR) is 96.8 cm³/mol. The Morgan fingerprint density at radius 2 is 1.84 bits per heavy atom. The van der Waals surface area contributed by atoms with Crippen LogP contribution in [0.15, 0.2) is 24.4 Å². The van der Waals surface area contributed by atoms with Gasteiger partial charge in [0.2, 0.25) is 0 Å². The van der Waals surface area contributed by atoms with Crippen molar-refractivity contribution in [2.45, 2.75) is 27.7 Å². The number of nitrogens with one attached hydrogen (secondary N) is 1. The molecule has 0 bridgehead atoms. The second-order valence-corrected chi connectivity index (χ2v) is 8.51. The molecule has 0 unspecified atom stereocenters. The first-order chi connectivity index (χ1) is 11.4. The second-order valence-electron chi connectivity index (χ2n) is 6.94. The topological polar surface area (TPSA) is 85.5 Å². The second kappa shape index (κ2) is 6.55. The van der Waals surface area contributed by atoms with Crippen LogP contribution in [0.2, 0.25) is 0 Å². The van der Waals surface area contributed by atoms with Crippen molar-refractivity contribution < 1.29 is 22.1 Å². The summed E-state index contributed by atoms with van der Waals surface area (Å²) >= 11 is 0. The third kappa shape index (κ3) is 4.22. The third-order valence-corrected chi connectivity index (χ3v) is 4.21. The third-order valence-electron chi connectivity index (χ3n) is 3.73. The van der Waals surface area contributed by atoms with Gasteiger partial charge in [-0.05, 0) is 25.1 Å². The lowest BCUT2D eigenvalue weighted by Gasteiger charge is -2.15. The van der Waals surface area contributed by atoms with E-state index in [4.69, 9.17) is 8.92 Å². The Hall–Kier alpha value is -2.28. The normalized spacial score (nSPS) is 12.1. The minimum atomic E-state index is -3.66. The fraction of sp³-hybridized carbons (Fsp3) is 0.389. The summed E-state index contributed by atoms with van der Waals surface area (Å²) in [5.41, 5.74) is 2.37. The zero-order valence-electron chi connectivity index (χ0n) is 15.3. The number of carbonyl (C=O) groups excluding carboxylic acids is 1. The van der Waals surface area contributed by atoms with Gasteiger partial charge in [0.1, 0.15) is 0 Å². The fourth-order valence-corrected chi connectivity index (χ4v) is 3.01. The van der Waals surface area contributed by atoms with Crippen molar-refractivity contribution in [2.24, 2.45) is 5.41 Å². The quantitative estimate of drug-likeness (QED) is 0.647. The maximum Gasteiger partial charge on any atom is 0.306 e. The number of aromatic amines is 1. The van der Waals surface area contributed by atoms with E-state index in [1.165, 1.54) is 13.2 Å². The molecule has 1 N–H and O–H groups in total. The maximum atomic E-state index is 12.4. The molecule has 2 aromatic rings. The number of benzene rings is 1. The molecule has 0 aliphatic rings. The molecule has 0 aliphatic carbocycles. The van der Waals surface area contributed by atoms with E-state index in [-0.39, 0.29) is 11.5 Å². The van der Waals surface area contributed by atoms with Crippen LogP contribution in [0.3, 0.4) is 0 Å². The zero-order chi connectivity index (χ0) is 19.0. The SMILES string of the molecule is COc1c(OS(C)(=O)=O)ccc(-c2cc(C(=O)C(C)(C)C)c[nH]2)c1C. The molecule has 7 heteroatoms. The summed E-state index contributed by atoms with van der Waals surface area (Å²) in [5, 5.41) is 0. The van der Waals surface area contributed by atoms with Crippen LogP contribution in [-0.2, 0) is 10.1 Å². The largest absolute Gasteiger partial charge is 0.492 e. The number of ketones is 1. The Morgan fingerprint density at radius 3 is 2.36 bits per heavy atom. The van der Waals surface area contributed by atoms with E-state index < -0.39 is 15.5 Å². The molecular weight excluding hydrogens is 342 g/mol. The molecule has 2 rings (SSSR count). The van der Waals surface area contributed by atoms with Crippen LogP contribution in [0.1, 0.15) is 36.7 Å².